The van der Waals surface area contributed by atoms with Crippen molar-refractivity contribution in [2.45, 2.75) is 6.10 Å². The highest BCUT2D eigenvalue weighted by Crippen LogP contribution is 2.36. The van der Waals surface area contributed by atoms with Gasteiger partial charge < -0.3 is 29.5 Å². The molecule has 2 unspecified atom stereocenters. The molecule has 0 aromatic carbocycles. The van der Waals surface area contributed by atoms with Crippen LogP contribution in [0.1, 0.15) is 0 Å². The van der Waals surface area contributed by atoms with Gasteiger partial charge in [0.05, 0.1) is 20.1 Å². The molecule has 0 aromatic heterocycles. The highest BCUT2D eigenvalue weighted by molar-refractivity contribution is 6.07. The first-order valence-corrected chi connectivity index (χ1v) is 7.14. The summed E-state index contributed by atoms with van der Waals surface area (Å²) in [7, 11) is 2.70. The minimum absolute atomic E-state index is 0.0418. The van der Waals surface area contributed by atoms with Gasteiger partial charge in [-0.1, -0.05) is 0 Å². The second-order valence-electron chi connectivity index (χ2n) is 5.36. The molecule has 0 fully saturated rings. The van der Waals surface area contributed by atoms with Crippen LogP contribution in [0.2, 0.25) is 0 Å². The van der Waals surface area contributed by atoms with E-state index in [0.717, 1.165) is 0 Å². The predicted octanol–water partition coefficient (Wildman–Crippen LogP) is 2.24. The van der Waals surface area contributed by atoms with Crippen molar-refractivity contribution >= 4 is 5.78 Å². The first-order valence-electron chi connectivity index (χ1n) is 7.14. The Morgan fingerprint density at radius 1 is 1.00 bits per heavy atom. The summed E-state index contributed by atoms with van der Waals surface area (Å²) in [6.45, 7) is 0. The molecule has 1 aliphatic heterocycles. The molecule has 0 amide bonds. The number of carbonyl (C=O) groups is 1. The van der Waals surface area contributed by atoms with Crippen LogP contribution in [0.5, 0.6) is 0 Å². The van der Waals surface area contributed by atoms with Gasteiger partial charge in [-0.15, -0.1) is 0 Å². The zero-order valence-electron chi connectivity index (χ0n) is 13.0. The van der Waals surface area contributed by atoms with Gasteiger partial charge in [-0.3, -0.25) is 4.79 Å². The summed E-state index contributed by atoms with van der Waals surface area (Å²) in [5.74, 6) is -1.30. The maximum absolute atomic E-state index is 12.0. The Morgan fingerprint density at radius 3 is 2.21 bits per heavy atom. The Bertz CT molecular complexity index is 751. The third kappa shape index (κ3) is 2.54. The maximum atomic E-state index is 12.0. The van der Waals surface area contributed by atoms with E-state index in [1.165, 1.54) is 44.6 Å². The minimum Gasteiger partial charge on any atom is -0.511 e. The summed E-state index contributed by atoms with van der Waals surface area (Å²) in [6.07, 6.45) is 6.19. The number of Topliss-reactive ketones (excluding diaryl/α,β-unsaturated/α-hetero) is 1. The Labute approximate surface area is 137 Å². The van der Waals surface area contributed by atoms with Gasteiger partial charge in [0.15, 0.2) is 23.0 Å². The normalized spacial score (nSPS) is 26.2. The number of hydrogen-bond acceptors (Lipinski definition) is 7. The van der Waals surface area contributed by atoms with Crippen molar-refractivity contribution in [2.24, 2.45) is 5.92 Å². The van der Waals surface area contributed by atoms with Crippen LogP contribution in [0.4, 0.5) is 0 Å². The van der Waals surface area contributed by atoms with Crippen LogP contribution in [0.3, 0.4) is 0 Å². The van der Waals surface area contributed by atoms with Crippen LogP contribution < -0.4 is 0 Å². The quantitative estimate of drug-likeness (QED) is 0.712. The Morgan fingerprint density at radius 2 is 1.62 bits per heavy atom. The molecule has 1 heterocycles. The summed E-state index contributed by atoms with van der Waals surface area (Å²) in [4.78, 5) is 12.0. The number of ether oxygens (including phenoxy) is 3. The van der Waals surface area contributed by atoms with Gasteiger partial charge in [0.2, 0.25) is 0 Å². The van der Waals surface area contributed by atoms with Crippen LogP contribution in [0.15, 0.2) is 70.5 Å². The van der Waals surface area contributed by atoms with E-state index in [4.69, 9.17) is 14.2 Å². The number of allylic oxidation sites excluding steroid dienone is 4. The fourth-order valence-electron chi connectivity index (χ4n) is 2.69. The van der Waals surface area contributed by atoms with Crippen LogP contribution >= 0.6 is 0 Å². The molecule has 2 aliphatic carbocycles. The van der Waals surface area contributed by atoms with E-state index in [2.05, 4.69) is 0 Å². The van der Waals surface area contributed by atoms with Crippen molar-refractivity contribution < 1.29 is 34.3 Å². The van der Waals surface area contributed by atoms with E-state index in [1.807, 2.05) is 0 Å². The SMILES string of the molecule is COC1=CC(=C2OC3C=C(O)C=C(O)C3C=C2O)C=C(OC)C1=O. The molecular weight excluding hydrogens is 316 g/mol. The average Bonchev–Trinajstić information content (AvgIpc) is 2.55. The number of methoxy groups -OCH3 is 2. The van der Waals surface area contributed by atoms with Crippen molar-refractivity contribution in [1.82, 2.24) is 0 Å². The number of carbonyl (C=O) groups excluding carboxylic acids is 1. The van der Waals surface area contributed by atoms with E-state index in [1.54, 1.807) is 0 Å². The van der Waals surface area contributed by atoms with E-state index in [-0.39, 0.29) is 34.6 Å². The van der Waals surface area contributed by atoms with Crippen molar-refractivity contribution in [3.63, 3.8) is 0 Å². The molecule has 3 aliphatic rings. The molecule has 0 bridgehead atoms. The molecule has 0 aromatic rings. The third-order valence-corrected chi connectivity index (χ3v) is 3.87. The summed E-state index contributed by atoms with van der Waals surface area (Å²) < 4.78 is 15.8. The largest absolute Gasteiger partial charge is 0.511 e. The van der Waals surface area contributed by atoms with E-state index < -0.39 is 17.8 Å². The second kappa shape index (κ2) is 5.84. The van der Waals surface area contributed by atoms with Gasteiger partial charge in [0, 0.05) is 11.6 Å². The summed E-state index contributed by atoms with van der Waals surface area (Å²) in [5.41, 5.74) is 0.373. The topological polar surface area (TPSA) is 105 Å². The van der Waals surface area contributed by atoms with Crippen molar-refractivity contribution in [1.29, 1.82) is 0 Å². The Hall–Kier alpha value is -3.09. The Kier molecular flexibility index (Phi) is 3.84. The fourth-order valence-corrected chi connectivity index (χ4v) is 2.69. The van der Waals surface area contributed by atoms with Gasteiger partial charge in [-0.2, -0.15) is 0 Å². The molecule has 126 valence electrons. The van der Waals surface area contributed by atoms with E-state index in [0.29, 0.717) is 5.57 Å². The molecule has 0 saturated carbocycles. The van der Waals surface area contributed by atoms with E-state index in [9.17, 15) is 20.1 Å². The fraction of sp³-hybridized carbons (Fsp3) is 0.235. The number of aliphatic hydroxyl groups is 3. The lowest BCUT2D eigenvalue weighted by atomic mass is 9.90. The minimum atomic E-state index is -0.690. The van der Waals surface area contributed by atoms with Gasteiger partial charge in [0.25, 0.3) is 5.78 Å². The second-order valence-corrected chi connectivity index (χ2v) is 5.36. The van der Waals surface area contributed by atoms with Gasteiger partial charge >= 0.3 is 0 Å². The van der Waals surface area contributed by atoms with Crippen LogP contribution in [0.25, 0.3) is 0 Å². The highest BCUT2D eigenvalue weighted by Gasteiger charge is 2.35. The van der Waals surface area contributed by atoms with Crippen LogP contribution in [-0.4, -0.2) is 41.4 Å². The van der Waals surface area contributed by atoms with Crippen molar-refractivity contribution in [3.05, 3.63) is 70.5 Å². The molecule has 3 rings (SSSR count). The van der Waals surface area contributed by atoms with Gasteiger partial charge in [-0.05, 0) is 24.3 Å². The average molecular weight is 332 g/mol. The smallest absolute Gasteiger partial charge is 0.261 e. The third-order valence-electron chi connectivity index (χ3n) is 3.87. The van der Waals surface area contributed by atoms with Crippen molar-refractivity contribution in [2.75, 3.05) is 14.2 Å². The highest BCUT2D eigenvalue weighted by atomic mass is 16.5. The number of rotatable bonds is 2. The van der Waals surface area contributed by atoms with Crippen LogP contribution in [0, 0.1) is 5.92 Å². The first kappa shape index (κ1) is 15.8. The van der Waals surface area contributed by atoms with Gasteiger partial charge in [-0.25, -0.2) is 0 Å². The molecule has 0 saturated heterocycles. The molecule has 3 N–H and O–H groups in total. The van der Waals surface area contributed by atoms with E-state index >= 15 is 0 Å². The van der Waals surface area contributed by atoms with Crippen molar-refractivity contribution in [3.8, 4) is 0 Å². The molecule has 0 radical (unpaired) electrons. The molecule has 7 heteroatoms. The maximum Gasteiger partial charge on any atom is 0.261 e. The predicted molar refractivity (Wildman–Crippen MR) is 82.7 cm³/mol. The zero-order valence-corrected chi connectivity index (χ0v) is 13.0. The van der Waals surface area contributed by atoms with Crippen LogP contribution in [-0.2, 0) is 19.0 Å². The number of hydrogen-bond donors (Lipinski definition) is 3. The monoisotopic (exact) mass is 332 g/mol. The molecule has 2 atom stereocenters. The molecular formula is C17H16O7. The number of ketones is 1. The summed E-state index contributed by atoms with van der Waals surface area (Å²) in [6, 6.07) is 0. The molecule has 24 heavy (non-hydrogen) atoms. The summed E-state index contributed by atoms with van der Waals surface area (Å²) >= 11 is 0. The number of aliphatic hydroxyl groups excluding tert-OH is 3. The summed E-state index contributed by atoms with van der Waals surface area (Å²) in [5, 5.41) is 29.8. The lowest BCUT2D eigenvalue weighted by Gasteiger charge is -2.31. The first-order chi connectivity index (χ1) is 11.4. The van der Waals surface area contributed by atoms with Gasteiger partial charge in [0.1, 0.15) is 17.6 Å². The lowest BCUT2D eigenvalue weighted by Crippen LogP contribution is -2.30. The molecule has 7 nitrogen and oxygen atoms in total. The Balaban J connectivity index is 2.08. The standard InChI is InChI=1S/C17H16O7/c1-22-14-3-8(4-15(23-2)16(14)21)17-12(20)7-10-11(19)5-9(18)6-13(10)24-17/h3-7,10,13,18-20H,1-2H3. The lowest BCUT2D eigenvalue weighted by molar-refractivity contribution is -0.117. The number of fused-ring (bicyclic) bond motifs is 1. The molecule has 0 spiro atoms. The zero-order chi connectivity index (χ0) is 17.4.